The van der Waals surface area contributed by atoms with Gasteiger partial charge in [0, 0.05) is 44.3 Å². The van der Waals surface area contributed by atoms with Crippen molar-refractivity contribution in [1.29, 1.82) is 0 Å². The highest BCUT2D eigenvalue weighted by Gasteiger charge is 2.31. The molecular weight excluding hydrogens is 358 g/mol. The van der Waals surface area contributed by atoms with Gasteiger partial charge in [-0.3, -0.25) is 24.5 Å². The normalized spacial score (nSPS) is 15.2. The maximum atomic E-state index is 12.8. The van der Waals surface area contributed by atoms with Crippen molar-refractivity contribution in [3.8, 4) is 0 Å². The molecule has 1 aliphatic heterocycles. The monoisotopic (exact) mass is 377 g/mol. The van der Waals surface area contributed by atoms with E-state index in [0.717, 1.165) is 18.3 Å². The van der Waals surface area contributed by atoms with Gasteiger partial charge in [0.15, 0.2) is 0 Å². The van der Waals surface area contributed by atoms with Crippen LogP contribution in [0.25, 0.3) is 0 Å². The number of amides is 1. The van der Waals surface area contributed by atoms with Crippen LogP contribution in [-0.4, -0.2) is 56.6 Å². The van der Waals surface area contributed by atoms with Crippen LogP contribution in [-0.2, 0) is 13.1 Å². The van der Waals surface area contributed by atoms with Gasteiger partial charge in [0.2, 0.25) is 5.69 Å². The van der Waals surface area contributed by atoms with Crippen molar-refractivity contribution >= 4 is 23.2 Å². The number of nitro groups is 1. The third-order valence-corrected chi connectivity index (χ3v) is 4.71. The van der Waals surface area contributed by atoms with Crippen LogP contribution in [0.1, 0.15) is 23.0 Å². The van der Waals surface area contributed by atoms with E-state index in [0.29, 0.717) is 37.7 Å². The fourth-order valence-corrected chi connectivity index (χ4v) is 3.33. The summed E-state index contributed by atoms with van der Waals surface area (Å²) in [6.07, 6.45) is 1.14. The van der Waals surface area contributed by atoms with E-state index in [4.69, 9.17) is 11.6 Å². The lowest BCUT2D eigenvalue weighted by Crippen LogP contribution is -2.48. The van der Waals surface area contributed by atoms with E-state index >= 15 is 0 Å². The van der Waals surface area contributed by atoms with Gasteiger partial charge in [-0.2, -0.15) is 5.10 Å². The average Bonchev–Trinajstić information content (AvgIpc) is 3.06. The Hall–Kier alpha value is -2.45. The first-order valence-electron chi connectivity index (χ1n) is 8.46. The second-order valence-corrected chi connectivity index (χ2v) is 6.59. The summed E-state index contributed by atoms with van der Waals surface area (Å²) in [5.74, 6) is -0.335. The average molecular weight is 378 g/mol. The summed E-state index contributed by atoms with van der Waals surface area (Å²) in [7, 11) is 0. The van der Waals surface area contributed by atoms with Crippen molar-refractivity contribution in [3.05, 3.63) is 56.9 Å². The molecule has 9 heteroatoms. The molecule has 1 aliphatic rings. The van der Waals surface area contributed by atoms with Crippen molar-refractivity contribution < 1.29 is 9.72 Å². The largest absolute Gasteiger partial charge is 0.335 e. The predicted octanol–water partition coefficient (Wildman–Crippen LogP) is 2.42. The molecule has 138 valence electrons. The first-order chi connectivity index (χ1) is 12.5. The summed E-state index contributed by atoms with van der Waals surface area (Å²) in [6, 6.07) is 7.71. The molecule has 0 saturated carbocycles. The number of hydrogen-bond acceptors (Lipinski definition) is 5. The molecule has 0 atom stereocenters. The molecule has 1 saturated heterocycles. The Morgan fingerprint density at radius 3 is 2.65 bits per heavy atom. The molecule has 8 nitrogen and oxygen atoms in total. The number of carbonyl (C=O) groups is 1. The Balaban J connectivity index is 1.66. The minimum Gasteiger partial charge on any atom is -0.335 e. The number of aryl methyl sites for hydroxylation is 1. The van der Waals surface area contributed by atoms with Crippen molar-refractivity contribution in [2.45, 2.75) is 20.0 Å². The van der Waals surface area contributed by atoms with Crippen LogP contribution in [0.15, 0.2) is 30.5 Å². The third-order valence-electron chi connectivity index (χ3n) is 4.47. The second-order valence-electron chi connectivity index (χ2n) is 6.15. The maximum Gasteiger partial charge on any atom is 0.320 e. The van der Waals surface area contributed by atoms with Gasteiger partial charge in [0.1, 0.15) is 6.20 Å². The first kappa shape index (κ1) is 18.3. The molecule has 1 amide bonds. The molecule has 2 aromatic rings. The van der Waals surface area contributed by atoms with Gasteiger partial charge < -0.3 is 4.90 Å². The molecule has 0 radical (unpaired) electrons. The predicted molar refractivity (Wildman–Crippen MR) is 97.2 cm³/mol. The number of benzene rings is 1. The van der Waals surface area contributed by atoms with Crippen LogP contribution in [0.4, 0.5) is 5.69 Å². The lowest BCUT2D eigenvalue weighted by Gasteiger charge is -2.34. The Labute approximate surface area is 156 Å². The minimum atomic E-state index is -0.554. The zero-order valence-electron chi connectivity index (χ0n) is 14.5. The van der Waals surface area contributed by atoms with Crippen LogP contribution < -0.4 is 0 Å². The van der Waals surface area contributed by atoms with Gasteiger partial charge in [-0.25, -0.2) is 0 Å². The van der Waals surface area contributed by atoms with Gasteiger partial charge in [-0.1, -0.05) is 23.7 Å². The number of nitrogens with zero attached hydrogens (tertiary/aromatic N) is 5. The van der Waals surface area contributed by atoms with Gasteiger partial charge in [0.05, 0.1) is 4.92 Å². The van der Waals surface area contributed by atoms with Crippen LogP contribution in [0.5, 0.6) is 0 Å². The maximum absolute atomic E-state index is 12.8. The standard InChI is InChI=1S/C17H20ClN5O3/c1-2-22-16(15(11-19-22)23(25)26)17(24)21-8-6-20(7-9-21)12-13-4-3-5-14(18)10-13/h3-5,10-11H,2,6-9,12H2,1H3. The summed E-state index contributed by atoms with van der Waals surface area (Å²) in [5, 5.41) is 15.8. The Morgan fingerprint density at radius 1 is 1.31 bits per heavy atom. The number of rotatable bonds is 5. The van der Waals surface area contributed by atoms with Crippen molar-refractivity contribution in [2.75, 3.05) is 26.2 Å². The number of carbonyl (C=O) groups excluding carboxylic acids is 1. The number of halogens is 1. The van der Waals surface area contributed by atoms with Crippen molar-refractivity contribution in [2.24, 2.45) is 0 Å². The molecule has 3 rings (SSSR count). The van der Waals surface area contributed by atoms with Gasteiger partial charge in [-0.05, 0) is 24.6 Å². The molecular formula is C17H20ClN5O3. The summed E-state index contributed by atoms with van der Waals surface area (Å²) >= 11 is 6.02. The number of hydrogen-bond donors (Lipinski definition) is 0. The SMILES string of the molecule is CCn1ncc([N+](=O)[O-])c1C(=O)N1CCN(Cc2cccc(Cl)c2)CC1. The number of piperazine rings is 1. The zero-order valence-corrected chi connectivity index (χ0v) is 15.2. The summed E-state index contributed by atoms with van der Waals surface area (Å²) in [5.41, 5.74) is 0.941. The highest BCUT2D eigenvalue weighted by atomic mass is 35.5. The lowest BCUT2D eigenvalue weighted by atomic mass is 10.2. The van der Waals surface area contributed by atoms with E-state index in [1.165, 1.54) is 4.68 Å². The highest BCUT2D eigenvalue weighted by molar-refractivity contribution is 6.30. The highest BCUT2D eigenvalue weighted by Crippen LogP contribution is 2.21. The van der Waals surface area contributed by atoms with Gasteiger partial charge >= 0.3 is 5.69 Å². The van der Waals surface area contributed by atoms with E-state index < -0.39 is 4.92 Å². The van der Waals surface area contributed by atoms with E-state index in [9.17, 15) is 14.9 Å². The lowest BCUT2D eigenvalue weighted by molar-refractivity contribution is -0.385. The van der Waals surface area contributed by atoms with E-state index in [-0.39, 0.29) is 17.3 Å². The number of aromatic nitrogens is 2. The van der Waals surface area contributed by atoms with Crippen molar-refractivity contribution in [1.82, 2.24) is 19.6 Å². The van der Waals surface area contributed by atoms with E-state index in [2.05, 4.69) is 10.00 Å². The molecule has 1 fully saturated rings. The third kappa shape index (κ3) is 3.86. The van der Waals surface area contributed by atoms with Crippen LogP contribution >= 0.6 is 11.6 Å². The molecule has 0 aliphatic carbocycles. The first-order valence-corrected chi connectivity index (χ1v) is 8.83. The molecule has 1 aromatic heterocycles. The van der Waals surface area contributed by atoms with E-state index in [1.807, 2.05) is 24.3 Å². The molecule has 0 spiro atoms. The van der Waals surface area contributed by atoms with Crippen LogP contribution in [0, 0.1) is 10.1 Å². The minimum absolute atomic E-state index is 0.0563. The Kier molecular flexibility index (Phi) is 5.53. The molecule has 26 heavy (non-hydrogen) atoms. The molecule has 2 heterocycles. The second kappa shape index (κ2) is 7.84. The quantitative estimate of drug-likeness (QED) is 0.590. The Bertz CT molecular complexity index is 814. The Morgan fingerprint density at radius 2 is 2.04 bits per heavy atom. The molecule has 1 aromatic carbocycles. The van der Waals surface area contributed by atoms with Crippen molar-refractivity contribution in [3.63, 3.8) is 0 Å². The van der Waals surface area contributed by atoms with Crippen LogP contribution in [0.3, 0.4) is 0 Å². The smallest absolute Gasteiger partial charge is 0.320 e. The topological polar surface area (TPSA) is 84.5 Å². The summed E-state index contributed by atoms with van der Waals surface area (Å²) < 4.78 is 1.39. The fourth-order valence-electron chi connectivity index (χ4n) is 3.12. The fraction of sp³-hybridized carbons (Fsp3) is 0.412. The van der Waals surface area contributed by atoms with E-state index in [1.54, 1.807) is 11.8 Å². The summed E-state index contributed by atoms with van der Waals surface area (Å²) in [6.45, 7) is 5.41. The molecule has 0 bridgehead atoms. The van der Waals surface area contributed by atoms with Gasteiger partial charge in [-0.15, -0.1) is 0 Å². The molecule has 0 unspecified atom stereocenters. The molecule has 0 N–H and O–H groups in total. The van der Waals surface area contributed by atoms with Crippen LogP contribution in [0.2, 0.25) is 5.02 Å². The van der Waals surface area contributed by atoms with Gasteiger partial charge in [0.25, 0.3) is 5.91 Å². The summed E-state index contributed by atoms with van der Waals surface area (Å²) in [4.78, 5) is 27.3. The zero-order chi connectivity index (χ0) is 18.7.